The highest BCUT2D eigenvalue weighted by molar-refractivity contribution is 5.93. The fourth-order valence-corrected chi connectivity index (χ4v) is 7.55. The summed E-state index contributed by atoms with van der Waals surface area (Å²) in [4.78, 5) is 24.4. The summed E-state index contributed by atoms with van der Waals surface area (Å²) in [5.41, 5.74) is 7.61. The van der Waals surface area contributed by atoms with E-state index in [-0.39, 0.29) is 36.3 Å². The smallest absolute Gasteiger partial charge is 0.271 e. The van der Waals surface area contributed by atoms with Crippen LogP contribution in [0, 0.1) is 5.92 Å². The van der Waals surface area contributed by atoms with Gasteiger partial charge in [-0.2, -0.15) is 0 Å². The van der Waals surface area contributed by atoms with Gasteiger partial charge < -0.3 is 34.3 Å². The third-order valence-corrected chi connectivity index (χ3v) is 10.6. The molecule has 52 heavy (non-hydrogen) atoms. The van der Waals surface area contributed by atoms with Crippen molar-refractivity contribution < 1.29 is 28.8 Å². The van der Waals surface area contributed by atoms with Crippen molar-refractivity contribution >= 4 is 16.9 Å². The largest absolute Gasteiger partial charge is 0.392 e. The van der Waals surface area contributed by atoms with E-state index in [2.05, 4.69) is 69.6 Å². The van der Waals surface area contributed by atoms with Crippen LogP contribution in [-0.2, 0) is 32.1 Å². The molecule has 4 aromatic carbocycles. The van der Waals surface area contributed by atoms with Crippen LogP contribution in [0.5, 0.6) is 0 Å². The number of carbonyl (C=O) groups is 1. The summed E-state index contributed by atoms with van der Waals surface area (Å²) in [6.45, 7) is 6.43. The Kier molecular flexibility index (Phi) is 10.1. The molecule has 2 N–H and O–H groups in total. The third-order valence-electron chi connectivity index (χ3n) is 10.6. The van der Waals surface area contributed by atoms with Crippen molar-refractivity contribution in [2.24, 2.45) is 5.92 Å². The maximum atomic E-state index is 13.1. The van der Waals surface area contributed by atoms with Gasteiger partial charge in [-0.25, -0.2) is 4.98 Å². The number of nitrogens with zero attached hydrogens (tertiary/aromatic N) is 3. The lowest BCUT2D eigenvalue weighted by molar-refractivity contribution is -0.278. The predicted octanol–water partition coefficient (Wildman–Crippen LogP) is 6.35. The molecule has 4 heterocycles. The lowest BCUT2D eigenvalue weighted by atomic mass is 9.89. The highest BCUT2D eigenvalue weighted by atomic mass is 16.7. The van der Waals surface area contributed by atoms with E-state index >= 15 is 0 Å². The standard InChI is InChI=1S/C42H44N4O6/c1-28-38(26-46-20-18-42(19-21-46)49-22-23-50-42)51-41(52-39(28)31-12-10-29(27-47)11-13-31)32-16-14-30(15-17-32)34-7-3-2-6-33(34)24-44-40(48)37-25-43-35-8-4-5-9-36(35)45-37/h2-17,25,28,38-39,41,47H,18-24,26-27H2,1H3,(H,44,48). The molecule has 5 aromatic rings. The number of hydrogen-bond donors (Lipinski definition) is 2. The lowest BCUT2D eigenvalue weighted by Crippen LogP contribution is -2.50. The minimum absolute atomic E-state index is 0.000579. The van der Waals surface area contributed by atoms with Crippen LogP contribution in [-0.4, -0.2) is 70.6 Å². The molecule has 0 aliphatic carbocycles. The Bertz CT molecular complexity index is 1990. The number of benzene rings is 4. The number of para-hydroxylation sites is 2. The van der Waals surface area contributed by atoms with Gasteiger partial charge in [0.1, 0.15) is 5.69 Å². The summed E-state index contributed by atoms with van der Waals surface area (Å²) in [6.07, 6.45) is 2.39. The first-order chi connectivity index (χ1) is 25.5. The van der Waals surface area contributed by atoms with Crippen LogP contribution in [0.1, 0.15) is 64.9 Å². The zero-order valence-corrected chi connectivity index (χ0v) is 29.3. The van der Waals surface area contributed by atoms with Crippen LogP contribution in [0.2, 0.25) is 0 Å². The number of rotatable bonds is 9. The van der Waals surface area contributed by atoms with E-state index in [0.29, 0.717) is 25.3 Å². The topological polar surface area (TPSA) is 115 Å². The van der Waals surface area contributed by atoms with Gasteiger partial charge in [0, 0.05) is 50.5 Å². The summed E-state index contributed by atoms with van der Waals surface area (Å²) in [5.74, 6) is -0.604. The van der Waals surface area contributed by atoms with Gasteiger partial charge in [0.15, 0.2) is 12.1 Å². The molecule has 3 saturated heterocycles. The molecular formula is C42H44N4O6. The number of piperidine rings is 1. The molecule has 0 bridgehead atoms. The number of carbonyl (C=O) groups excluding carboxylic acids is 1. The Labute approximate surface area is 303 Å². The van der Waals surface area contributed by atoms with E-state index in [4.69, 9.17) is 18.9 Å². The van der Waals surface area contributed by atoms with Gasteiger partial charge in [-0.3, -0.25) is 9.78 Å². The molecule has 10 nitrogen and oxygen atoms in total. The normalized spacial score (nSPS) is 23.2. The molecule has 3 aliphatic heterocycles. The van der Waals surface area contributed by atoms with Crippen LogP contribution < -0.4 is 5.32 Å². The van der Waals surface area contributed by atoms with Crippen LogP contribution in [0.25, 0.3) is 22.2 Å². The minimum Gasteiger partial charge on any atom is -0.392 e. The monoisotopic (exact) mass is 700 g/mol. The summed E-state index contributed by atoms with van der Waals surface area (Å²) in [6, 6.07) is 31.9. The van der Waals surface area contributed by atoms with E-state index in [0.717, 1.165) is 71.4 Å². The van der Waals surface area contributed by atoms with Gasteiger partial charge in [-0.15, -0.1) is 0 Å². The van der Waals surface area contributed by atoms with Crippen molar-refractivity contribution in [2.45, 2.75) is 57.2 Å². The van der Waals surface area contributed by atoms with Gasteiger partial charge in [-0.05, 0) is 39.9 Å². The number of aromatic nitrogens is 2. The number of aliphatic hydroxyl groups is 1. The summed E-state index contributed by atoms with van der Waals surface area (Å²) in [7, 11) is 0. The van der Waals surface area contributed by atoms with Crippen molar-refractivity contribution in [3.8, 4) is 11.1 Å². The predicted molar refractivity (Wildman–Crippen MR) is 196 cm³/mol. The third kappa shape index (κ3) is 7.36. The van der Waals surface area contributed by atoms with Crippen LogP contribution in [0.4, 0.5) is 0 Å². The molecule has 3 fully saturated rings. The van der Waals surface area contributed by atoms with Crippen LogP contribution >= 0.6 is 0 Å². The number of aliphatic hydroxyl groups excluding tert-OH is 1. The zero-order valence-electron chi connectivity index (χ0n) is 29.3. The number of likely N-dealkylation sites (tertiary alicyclic amines) is 1. The average molecular weight is 701 g/mol. The Morgan fingerprint density at radius 2 is 1.56 bits per heavy atom. The first-order valence-corrected chi connectivity index (χ1v) is 18.2. The van der Waals surface area contributed by atoms with Gasteiger partial charge in [-0.1, -0.05) is 91.9 Å². The highest BCUT2D eigenvalue weighted by Gasteiger charge is 2.43. The van der Waals surface area contributed by atoms with Crippen molar-refractivity contribution in [1.29, 1.82) is 0 Å². The SMILES string of the molecule is CC1C(CN2CCC3(CC2)OCCO3)OC(c2ccc(-c3ccccc3CNC(=O)c3cnc4ccccc4n3)cc2)OC1c1ccc(CO)cc1. The lowest BCUT2D eigenvalue weighted by Gasteiger charge is -2.44. The fraction of sp³-hybridized carbons (Fsp3) is 0.357. The Morgan fingerprint density at radius 1 is 0.865 bits per heavy atom. The summed E-state index contributed by atoms with van der Waals surface area (Å²) >= 11 is 0. The number of nitrogens with one attached hydrogen (secondary N) is 1. The summed E-state index contributed by atoms with van der Waals surface area (Å²) in [5, 5.41) is 12.7. The van der Waals surface area contributed by atoms with Gasteiger partial charge in [0.05, 0.1) is 49.3 Å². The molecule has 1 spiro atoms. The molecule has 1 amide bonds. The first kappa shape index (κ1) is 34.5. The van der Waals surface area contributed by atoms with Gasteiger partial charge >= 0.3 is 0 Å². The average Bonchev–Trinajstić information content (AvgIpc) is 3.66. The van der Waals surface area contributed by atoms with Gasteiger partial charge in [0.2, 0.25) is 0 Å². The van der Waals surface area contributed by atoms with Crippen molar-refractivity contribution in [3.05, 3.63) is 131 Å². The fourth-order valence-electron chi connectivity index (χ4n) is 7.55. The van der Waals surface area contributed by atoms with Crippen LogP contribution in [0.3, 0.4) is 0 Å². The molecule has 268 valence electrons. The summed E-state index contributed by atoms with van der Waals surface area (Å²) < 4.78 is 25.5. The molecule has 4 atom stereocenters. The number of ether oxygens (including phenoxy) is 4. The van der Waals surface area contributed by atoms with Crippen molar-refractivity contribution in [1.82, 2.24) is 20.2 Å². The Balaban J connectivity index is 0.984. The highest BCUT2D eigenvalue weighted by Crippen LogP contribution is 2.43. The second kappa shape index (κ2) is 15.2. The molecule has 4 unspecified atom stereocenters. The molecule has 3 aliphatic rings. The Morgan fingerprint density at radius 3 is 2.31 bits per heavy atom. The molecule has 0 saturated carbocycles. The van der Waals surface area contributed by atoms with E-state index in [1.807, 2.05) is 54.6 Å². The van der Waals surface area contributed by atoms with E-state index in [1.54, 1.807) is 0 Å². The van der Waals surface area contributed by atoms with Crippen molar-refractivity contribution in [3.63, 3.8) is 0 Å². The van der Waals surface area contributed by atoms with E-state index in [9.17, 15) is 9.90 Å². The molecule has 1 aromatic heterocycles. The quantitative estimate of drug-likeness (QED) is 0.182. The second-order valence-electron chi connectivity index (χ2n) is 13.9. The molecule has 8 rings (SSSR count). The van der Waals surface area contributed by atoms with Crippen molar-refractivity contribution in [2.75, 3.05) is 32.8 Å². The van der Waals surface area contributed by atoms with E-state index in [1.165, 1.54) is 6.20 Å². The zero-order chi connectivity index (χ0) is 35.5. The van der Waals surface area contributed by atoms with E-state index < -0.39 is 12.1 Å². The maximum Gasteiger partial charge on any atom is 0.271 e. The number of hydrogen-bond acceptors (Lipinski definition) is 9. The van der Waals surface area contributed by atoms with Gasteiger partial charge in [0.25, 0.3) is 5.91 Å². The number of amides is 1. The minimum atomic E-state index is -0.562. The molecular weight excluding hydrogens is 656 g/mol. The van der Waals surface area contributed by atoms with Crippen LogP contribution in [0.15, 0.2) is 103 Å². The second-order valence-corrected chi connectivity index (χ2v) is 13.9. The molecule has 10 heteroatoms. The molecule has 0 radical (unpaired) electrons. The number of fused-ring (bicyclic) bond motifs is 1. The maximum absolute atomic E-state index is 13.1. The Hall–Kier alpha value is -4.55. The first-order valence-electron chi connectivity index (χ1n) is 18.2.